The van der Waals surface area contributed by atoms with Crippen molar-refractivity contribution < 1.29 is 76.6 Å². The van der Waals surface area contributed by atoms with Crippen LogP contribution >= 0.6 is 0 Å². The summed E-state index contributed by atoms with van der Waals surface area (Å²) >= 11 is 0. The summed E-state index contributed by atoms with van der Waals surface area (Å²) in [6.45, 7) is -0.588. The van der Waals surface area contributed by atoms with Gasteiger partial charge in [0.05, 0.1) is 50.6 Å². The third kappa shape index (κ3) is 18.7. The van der Waals surface area contributed by atoms with E-state index in [9.17, 15) is 16.8 Å². The molecule has 0 saturated carbocycles. The molecule has 1 atom stereocenters. The summed E-state index contributed by atoms with van der Waals surface area (Å²) in [5.41, 5.74) is 0. The Morgan fingerprint density at radius 1 is 0.864 bits per heavy atom. The second-order valence-electron chi connectivity index (χ2n) is 3.61. The molecule has 0 aromatic heterocycles. The van der Waals surface area contributed by atoms with Gasteiger partial charge in [-0.2, -0.15) is 16.8 Å². The molecule has 0 aliphatic rings. The fourth-order valence-electron chi connectivity index (χ4n) is 0.808. The van der Waals surface area contributed by atoms with Crippen LogP contribution in [0.4, 0.5) is 0 Å². The van der Waals surface area contributed by atoms with Gasteiger partial charge >= 0.3 is 29.6 Å². The zero-order valence-electron chi connectivity index (χ0n) is 13.6. The van der Waals surface area contributed by atoms with Gasteiger partial charge in [-0.15, -0.1) is 0 Å². The summed E-state index contributed by atoms with van der Waals surface area (Å²) in [6.07, 6.45) is -1.000. The molecule has 132 valence electrons. The van der Waals surface area contributed by atoms with Gasteiger partial charge in [-0.1, -0.05) is 0 Å². The molecule has 22 heavy (non-hydrogen) atoms. The fraction of sp³-hybridized carbons (Fsp3) is 1.00. The van der Waals surface area contributed by atoms with Crippen molar-refractivity contribution in [1.82, 2.24) is 0 Å². The molecule has 13 heteroatoms. The third-order valence-corrected chi connectivity index (χ3v) is 4.06. The quantitative estimate of drug-likeness (QED) is 0.212. The molecule has 0 aliphatic carbocycles. The number of aliphatic hydroxyl groups excluding tert-OH is 4. The van der Waals surface area contributed by atoms with E-state index in [1.807, 2.05) is 0 Å². The standard InChI is InChI=1S/C7H16O8S2.C2H6O2.Na.H/c1-7(15-17(12,13)5-3-9)6-14-16(10,11)4-2-8;3-1-2-4;;/h7-9H,2-6H2,1H3;3-4H,1-2H2;;/q;;+1;-1. The number of hydrogen-bond acceptors (Lipinski definition) is 10. The summed E-state index contributed by atoms with van der Waals surface area (Å²) in [7, 11) is -7.75. The molecule has 1 unspecified atom stereocenters. The van der Waals surface area contributed by atoms with Crippen molar-refractivity contribution in [2.45, 2.75) is 13.0 Å². The maximum Gasteiger partial charge on any atom is 1.00 e. The first kappa shape index (κ1) is 27.5. The Hall–Kier alpha value is 0.660. The maximum absolute atomic E-state index is 11.1. The first-order valence-corrected chi connectivity index (χ1v) is 9.01. The predicted molar refractivity (Wildman–Crippen MR) is 73.5 cm³/mol. The Balaban J connectivity index is -0.000000268. The van der Waals surface area contributed by atoms with Gasteiger partial charge in [0.15, 0.2) is 0 Å². The molecule has 0 spiro atoms. The molecule has 0 radical (unpaired) electrons. The topological polar surface area (TPSA) is 168 Å². The van der Waals surface area contributed by atoms with Crippen molar-refractivity contribution in [1.29, 1.82) is 0 Å². The number of aliphatic hydroxyl groups is 4. The Morgan fingerprint density at radius 2 is 1.27 bits per heavy atom. The molecule has 0 amide bonds. The third-order valence-electron chi connectivity index (χ3n) is 1.58. The molecule has 10 nitrogen and oxygen atoms in total. The molecule has 0 bridgehead atoms. The van der Waals surface area contributed by atoms with Crippen molar-refractivity contribution in [3.63, 3.8) is 0 Å². The molecule has 4 N–H and O–H groups in total. The van der Waals surface area contributed by atoms with Crippen molar-refractivity contribution in [3.8, 4) is 0 Å². The van der Waals surface area contributed by atoms with Gasteiger partial charge in [0, 0.05) is 0 Å². The summed E-state index contributed by atoms with van der Waals surface area (Å²) in [6, 6.07) is 0. The van der Waals surface area contributed by atoms with Gasteiger partial charge in [0.25, 0.3) is 20.2 Å². The van der Waals surface area contributed by atoms with Crippen LogP contribution in [-0.4, -0.2) is 87.9 Å². The van der Waals surface area contributed by atoms with Gasteiger partial charge in [0.2, 0.25) is 0 Å². The van der Waals surface area contributed by atoms with Crippen LogP contribution < -0.4 is 29.6 Å². The van der Waals surface area contributed by atoms with Crippen molar-refractivity contribution in [2.75, 3.05) is 44.5 Å². The average molecular weight is 378 g/mol. The van der Waals surface area contributed by atoms with Crippen molar-refractivity contribution >= 4 is 20.2 Å². The first-order valence-electron chi connectivity index (χ1n) is 5.85. The number of hydrogen-bond donors (Lipinski definition) is 4. The Labute approximate surface area is 154 Å². The molecule has 0 aromatic carbocycles. The largest absolute Gasteiger partial charge is 1.00 e. The van der Waals surface area contributed by atoms with Gasteiger partial charge in [-0.3, -0.25) is 8.37 Å². The minimum Gasteiger partial charge on any atom is -1.00 e. The van der Waals surface area contributed by atoms with E-state index in [-0.39, 0.29) is 44.2 Å². The van der Waals surface area contributed by atoms with E-state index in [1.54, 1.807) is 0 Å². The first-order chi connectivity index (χ1) is 9.64. The van der Waals surface area contributed by atoms with E-state index in [2.05, 4.69) is 8.37 Å². The van der Waals surface area contributed by atoms with E-state index < -0.39 is 57.7 Å². The van der Waals surface area contributed by atoms with Crippen LogP contribution in [-0.2, 0) is 28.6 Å². The van der Waals surface area contributed by atoms with Crippen LogP contribution in [0.25, 0.3) is 0 Å². The smallest absolute Gasteiger partial charge is 1.00 e. The molecule has 0 rings (SSSR count). The summed E-state index contributed by atoms with van der Waals surface area (Å²) in [5.74, 6) is -1.14. The normalized spacial score (nSPS) is 12.8. The molecule has 0 heterocycles. The van der Waals surface area contributed by atoms with Gasteiger partial charge in [-0.05, 0) is 6.92 Å². The van der Waals surface area contributed by atoms with Crippen LogP contribution in [0, 0.1) is 0 Å². The van der Waals surface area contributed by atoms with Crippen molar-refractivity contribution in [3.05, 3.63) is 0 Å². The van der Waals surface area contributed by atoms with Crippen LogP contribution in [0.1, 0.15) is 8.35 Å². The minimum atomic E-state index is -3.89. The monoisotopic (exact) mass is 378 g/mol. The molecule has 0 fully saturated rings. The van der Waals surface area contributed by atoms with Crippen molar-refractivity contribution in [2.24, 2.45) is 0 Å². The molecule has 0 saturated heterocycles. The van der Waals surface area contributed by atoms with Crippen LogP contribution in [0.15, 0.2) is 0 Å². The van der Waals surface area contributed by atoms with Gasteiger partial charge < -0.3 is 21.9 Å². The van der Waals surface area contributed by atoms with Gasteiger partial charge in [0.1, 0.15) is 0 Å². The molecular formula is C9H23NaO10S2. The van der Waals surface area contributed by atoms with E-state index in [0.29, 0.717) is 0 Å². The average Bonchev–Trinajstić information content (AvgIpc) is 2.36. The van der Waals surface area contributed by atoms with E-state index >= 15 is 0 Å². The molecule has 0 aliphatic heterocycles. The van der Waals surface area contributed by atoms with Crippen LogP contribution in [0.5, 0.6) is 0 Å². The second-order valence-corrected chi connectivity index (χ2v) is 7.08. The van der Waals surface area contributed by atoms with Crippen LogP contribution in [0.2, 0.25) is 0 Å². The maximum atomic E-state index is 11.1. The Bertz CT molecular complexity index is 439. The molecule has 0 aromatic rings. The molecular weight excluding hydrogens is 355 g/mol. The fourth-order valence-corrected chi connectivity index (χ4v) is 2.42. The summed E-state index contributed by atoms with van der Waals surface area (Å²) in [4.78, 5) is 0. The predicted octanol–water partition coefficient (Wildman–Crippen LogP) is -5.86. The van der Waals surface area contributed by atoms with E-state index in [1.165, 1.54) is 6.92 Å². The second kappa shape index (κ2) is 15.2. The summed E-state index contributed by atoms with van der Waals surface area (Å²) in [5, 5.41) is 32.1. The number of rotatable bonds is 10. The minimum absolute atomic E-state index is 0. The van der Waals surface area contributed by atoms with E-state index in [0.717, 1.165) is 0 Å². The Kier molecular flexibility index (Phi) is 19.0. The summed E-state index contributed by atoms with van der Waals surface area (Å²) < 4.78 is 53.1. The van der Waals surface area contributed by atoms with E-state index in [4.69, 9.17) is 20.4 Å². The zero-order chi connectivity index (χ0) is 16.9. The zero-order valence-corrected chi connectivity index (χ0v) is 16.2. The van der Waals surface area contributed by atoms with Crippen LogP contribution in [0.3, 0.4) is 0 Å². The Morgan fingerprint density at radius 3 is 1.64 bits per heavy atom. The SMILES string of the molecule is CC(COS(=O)(=O)CCO)OS(=O)(=O)CCO.OCCO.[H-].[Na+]. The van der Waals surface area contributed by atoms with Gasteiger partial charge in [-0.25, -0.2) is 0 Å².